The molecule has 3 aromatic rings. The van der Waals surface area contributed by atoms with Crippen LogP contribution in [0.5, 0.6) is 5.75 Å². The third-order valence-corrected chi connectivity index (χ3v) is 4.18. The Bertz CT molecular complexity index is 867. The normalized spacial score (nSPS) is 11.0. The largest absolute Gasteiger partial charge is 0.493 e. The molecule has 0 aliphatic rings. The first-order valence-corrected chi connectivity index (χ1v) is 7.49. The molecular weight excluding hydrogens is 286 g/mol. The van der Waals surface area contributed by atoms with Gasteiger partial charge in [-0.3, -0.25) is 4.79 Å². The van der Waals surface area contributed by atoms with Gasteiger partial charge in [0.15, 0.2) is 0 Å². The van der Waals surface area contributed by atoms with Crippen molar-refractivity contribution in [3.63, 3.8) is 0 Å². The molecule has 0 aliphatic carbocycles. The molecule has 0 saturated carbocycles. The number of aryl methyl sites for hydroxylation is 1. The highest BCUT2D eigenvalue weighted by Crippen LogP contribution is 2.31. The Morgan fingerprint density at radius 1 is 1.43 bits per heavy atom. The number of aromatic amines is 1. The van der Waals surface area contributed by atoms with Crippen molar-refractivity contribution in [3.8, 4) is 17.1 Å². The number of hydrogen-bond acceptors (Lipinski definition) is 5. The van der Waals surface area contributed by atoms with Crippen molar-refractivity contribution in [2.75, 3.05) is 12.3 Å². The highest BCUT2D eigenvalue weighted by atomic mass is 32.1. The van der Waals surface area contributed by atoms with E-state index in [4.69, 9.17) is 10.5 Å². The molecule has 2 aromatic heterocycles. The minimum atomic E-state index is -0.140. The highest BCUT2D eigenvalue weighted by Gasteiger charge is 2.13. The van der Waals surface area contributed by atoms with Crippen molar-refractivity contribution < 1.29 is 4.74 Å². The summed E-state index contributed by atoms with van der Waals surface area (Å²) in [6.45, 7) is 4.34. The second-order valence-electron chi connectivity index (χ2n) is 4.70. The summed E-state index contributed by atoms with van der Waals surface area (Å²) >= 11 is 1.46. The molecule has 0 saturated heterocycles. The van der Waals surface area contributed by atoms with Gasteiger partial charge in [0.1, 0.15) is 16.4 Å². The number of rotatable bonds is 3. The van der Waals surface area contributed by atoms with Crippen molar-refractivity contribution >= 4 is 27.2 Å². The lowest BCUT2D eigenvalue weighted by Gasteiger charge is -2.10. The minimum Gasteiger partial charge on any atom is -0.493 e. The van der Waals surface area contributed by atoms with Crippen LogP contribution in [0.1, 0.15) is 12.5 Å². The molecule has 0 atom stereocenters. The van der Waals surface area contributed by atoms with Crippen LogP contribution < -0.4 is 16.0 Å². The zero-order valence-electron chi connectivity index (χ0n) is 11.8. The first-order chi connectivity index (χ1) is 10.1. The lowest BCUT2D eigenvalue weighted by atomic mass is 10.1. The van der Waals surface area contributed by atoms with E-state index >= 15 is 0 Å². The maximum absolute atomic E-state index is 12.2. The summed E-state index contributed by atoms with van der Waals surface area (Å²) in [4.78, 5) is 20.3. The molecule has 0 amide bonds. The number of H-pyrrole nitrogens is 1. The van der Waals surface area contributed by atoms with Gasteiger partial charge in [-0.25, -0.2) is 4.98 Å². The maximum atomic E-state index is 12.2. The SMILES string of the molecule is CCOc1ccc(N)cc1-c1nc2scc(C)c2c(=O)[nH]1. The summed E-state index contributed by atoms with van der Waals surface area (Å²) in [5.74, 6) is 1.13. The molecule has 1 aromatic carbocycles. The zero-order valence-corrected chi connectivity index (χ0v) is 12.6. The minimum absolute atomic E-state index is 0.140. The number of nitrogens with two attached hydrogens (primary N) is 1. The van der Waals surface area contributed by atoms with E-state index in [1.807, 2.05) is 19.2 Å². The Hall–Kier alpha value is -2.34. The predicted octanol–water partition coefficient (Wildman–Crippen LogP) is 2.94. The first-order valence-electron chi connectivity index (χ1n) is 6.61. The first kappa shape index (κ1) is 13.6. The van der Waals surface area contributed by atoms with Crippen molar-refractivity contribution in [3.05, 3.63) is 39.5 Å². The monoisotopic (exact) mass is 301 g/mol. The average molecular weight is 301 g/mol. The third-order valence-electron chi connectivity index (χ3n) is 3.19. The highest BCUT2D eigenvalue weighted by molar-refractivity contribution is 7.16. The average Bonchev–Trinajstić information content (AvgIpc) is 2.83. The number of hydrogen-bond donors (Lipinski definition) is 2. The van der Waals surface area contributed by atoms with Gasteiger partial charge in [0.25, 0.3) is 5.56 Å². The Morgan fingerprint density at radius 3 is 3.00 bits per heavy atom. The summed E-state index contributed by atoms with van der Waals surface area (Å²) in [7, 11) is 0. The maximum Gasteiger partial charge on any atom is 0.260 e. The number of anilines is 1. The number of ether oxygens (including phenoxy) is 1. The number of nitrogens with one attached hydrogen (secondary N) is 1. The molecular formula is C15H15N3O2S. The second-order valence-corrected chi connectivity index (χ2v) is 5.56. The Balaban J connectivity index is 2.25. The number of nitrogens with zero attached hydrogens (tertiary/aromatic N) is 1. The fourth-order valence-electron chi connectivity index (χ4n) is 2.23. The van der Waals surface area contributed by atoms with Gasteiger partial charge in [-0.15, -0.1) is 11.3 Å². The molecule has 108 valence electrons. The molecule has 0 bridgehead atoms. The standard InChI is InChI=1S/C15H15N3O2S/c1-3-20-11-5-4-9(16)6-10(11)13-17-14(19)12-8(2)7-21-15(12)18-13/h4-7H,3,16H2,1-2H3,(H,17,18,19). The summed E-state index contributed by atoms with van der Waals surface area (Å²) in [6.07, 6.45) is 0. The number of benzene rings is 1. The van der Waals surface area contributed by atoms with Crippen LogP contribution in [0.2, 0.25) is 0 Å². The van der Waals surface area contributed by atoms with E-state index in [9.17, 15) is 4.79 Å². The van der Waals surface area contributed by atoms with Gasteiger partial charge in [-0.05, 0) is 43.0 Å². The van der Waals surface area contributed by atoms with Crippen LogP contribution in [0.3, 0.4) is 0 Å². The number of thiophene rings is 1. The fourth-order valence-corrected chi connectivity index (χ4v) is 3.15. The van der Waals surface area contributed by atoms with Gasteiger partial charge >= 0.3 is 0 Å². The molecule has 0 unspecified atom stereocenters. The molecule has 5 nitrogen and oxygen atoms in total. The Morgan fingerprint density at radius 2 is 2.24 bits per heavy atom. The van der Waals surface area contributed by atoms with Gasteiger partial charge in [0.05, 0.1) is 17.6 Å². The predicted molar refractivity (Wildman–Crippen MR) is 86.0 cm³/mol. The molecule has 0 fully saturated rings. The van der Waals surface area contributed by atoms with Crippen molar-refractivity contribution in [2.24, 2.45) is 0 Å². The molecule has 3 N–H and O–H groups in total. The summed E-state index contributed by atoms with van der Waals surface area (Å²) in [5, 5.41) is 2.57. The number of nitrogen functional groups attached to an aromatic ring is 1. The van der Waals surface area contributed by atoms with E-state index in [1.54, 1.807) is 18.2 Å². The van der Waals surface area contributed by atoms with Gasteiger partial charge < -0.3 is 15.5 Å². The van der Waals surface area contributed by atoms with Crippen LogP contribution in [-0.2, 0) is 0 Å². The molecule has 0 spiro atoms. The smallest absolute Gasteiger partial charge is 0.260 e. The van der Waals surface area contributed by atoms with E-state index in [1.165, 1.54) is 11.3 Å². The van der Waals surface area contributed by atoms with E-state index in [0.717, 1.165) is 10.4 Å². The third kappa shape index (κ3) is 2.38. The van der Waals surface area contributed by atoms with Crippen LogP contribution in [0, 0.1) is 6.92 Å². The van der Waals surface area contributed by atoms with Crippen molar-refractivity contribution in [2.45, 2.75) is 13.8 Å². The number of aromatic nitrogens is 2. The number of fused-ring (bicyclic) bond motifs is 1. The fraction of sp³-hybridized carbons (Fsp3) is 0.200. The van der Waals surface area contributed by atoms with Crippen LogP contribution in [-0.4, -0.2) is 16.6 Å². The van der Waals surface area contributed by atoms with Crippen LogP contribution in [0.25, 0.3) is 21.6 Å². The zero-order chi connectivity index (χ0) is 15.0. The van der Waals surface area contributed by atoms with Gasteiger partial charge in [-0.2, -0.15) is 0 Å². The van der Waals surface area contributed by atoms with Gasteiger partial charge in [0, 0.05) is 5.69 Å². The summed E-state index contributed by atoms with van der Waals surface area (Å²) in [5.41, 5.74) is 7.93. The van der Waals surface area contributed by atoms with Crippen molar-refractivity contribution in [1.82, 2.24) is 9.97 Å². The van der Waals surface area contributed by atoms with E-state index < -0.39 is 0 Å². The lowest BCUT2D eigenvalue weighted by Crippen LogP contribution is -2.09. The quantitative estimate of drug-likeness (QED) is 0.729. The van der Waals surface area contributed by atoms with Crippen LogP contribution in [0.4, 0.5) is 5.69 Å². The van der Waals surface area contributed by atoms with Gasteiger partial charge in [0.2, 0.25) is 0 Å². The second kappa shape index (κ2) is 5.21. The summed E-state index contributed by atoms with van der Waals surface area (Å²) in [6, 6.07) is 5.31. The van der Waals surface area contributed by atoms with Crippen LogP contribution >= 0.6 is 11.3 Å². The summed E-state index contributed by atoms with van der Waals surface area (Å²) < 4.78 is 5.59. The van der Waals surface area contributed by atoms with E-state index in [0.29, 0.717) is 34.8 Å². The molecule has 21 heavy (non-hydrogen) atoms. The van der Waals surface area contributed by atoms with Gasteiger partial charge in [-0.1, -0.05) is 0 Å². The topological polar surface area (TPSA) is 81.0 Å². The van der Waals surface area contributed by atoms with E-state index in [2.05, 4.69) is 9.97 Å². The molecule has 0 aliphatic heterocycles. The Labute approximate surface area is 125 Å². The Kier molecular flexibility index (Phi) is 3.39. The van der Waals surface area contributed by atoms with E-state index in [-0.39, 0.29) is 5.56 Å². The molecule has 3 rings (SSSR count). The van der Waals surface area contributed by atoms with Crippen LogP contribution in [0.15, 0.2) is 28.4 Å². The lowest BCUT2D eigenvalue weighted by molar-refractivity contribution is 0.341. The molecule has 2 heterocycles. The molecule has 0 radical (unpaired) electrons. The van der Waals surface area contributed by atoms with Crippen molar-refractivity contribution in [1.29, 1.82) is 0 Å². The molecule has 6 heteroatoms.